The van der Waals surface area contributed by atoms with Crippen LogP contribution >= 0.6 is 0 Å². The molecule has 0 spiro atoms. The van der Waals surface area contributed by atoms with Crippen molar-refractivity contribution in [2.24, 2.45) is 11.1 Å². The smallest absolute Gasteiger partial charge is 0.161 e. The van der Waals surface area contributed by atoms with Gasteiger partial charge >= 0.3 is 0 Å². The van der Waals surface area contributed by atoms with Crippen LogP contribution in [0.25, 0.3) is 49.2 Å². The van der Waals surface area contributed by atoms with Gasteiger partial charge in [-0.25, -0.2) is 0 Å². The Bertz CT molecular complexity index is 2600. The van der Waals surface area contributed by atoms with Crippen molar-refractivity contribution in [2.75, 3.05) is 0 Å². The first-order chi connectivity index (χ1) is 28.8. The predicted octanol–water partition coefficient (Wildman–Crippen LogP) is 15.2. The Morgan fingerprint density at radius 2 is 0.968 bits per heavy atom. The van der Waals surface area contributed by atoms with Crippen molar-refractivity contribution in [2.45, 2.75) is 101 Å². The molecule has 0 aliphatic carbocycles. The van der Waals surface area contributed by atoms with Gasteiger partial charge in [-0.15, -0.1) is 0 Å². The van der Waals surface area contributed by atoms with Crippen molar-refractivity contribution < 1.29 is 14.6 Å². The van der Waals surface area contributed by atoms with Gasteiger partial charge in [-0.1, -0.05) is 207 Å². The summed E-state index contributed by atoms with van der Waals surface area (Å²) in [6, 6.07) is 59.2. The number of carbonyl (C=O) groups excluding carboxylic acids is 1. The zero-order chi connectivity index (χ0) is 42.6. The Labute approximate surface area is 378 Å². The highest BCUT2D eigenvalue weighted by molar-refractivity contribution is 5.98. The third-order valence-corrected chi connectivity index (χ3v) is 10.5. The molecule has 1 saturated heterocycles. The van der Waals surface area contributed by atoms with Crippen LogP contribution in [0.15, 0.2) is 176 Å². The second-order valence-corrected chi connectivity index (χ2v) is 17.0. The van der Waals surface area contributed by atoms with Crippen LogP contribution in [-0.4, -0.2) is 29.1 Å². The van der Waals surface area contributed by atoms with Gasteiger partial charge < -0.3 is 15.6 Å². The fraction of sp³-hybridized carbons (Fsp3) is 0.271. The molecule has 330 valence electrons. The van der Waals surface area contributed by atoms with Gasteiger partial charge in [-0.3, -0.25) is 4.79 Å². The number of rotatable bonds is 7. The van der Waals surface area contributed by atoms with Gasteiger partial charge in [0.2, 0.25) is 0 Å². The zero-order valence-corrected chi connectivity index (χ0v) is 35.9. The van der Waals surface area contributed by atoms with Crippen molar-refractivity contribution in [1.29, 1.82) is 0 Å². The van der Waals surface area contributed by atoms with E-state index in [0.29, 0.717) is 12.2 Å². The van der Waals surface area contributed by atoms with Crippen LogP contribution in [0.2, 0.25) is 0 Å². The number of fused-ring (bicyclic) bond motifs is 4. The molecule has 4 atom stereocenters. The normalized spacial score (nSPS) is 14.9. The maximum atomic E-state index is 11.8. The molecule has 1 aliphatic heterocycles. The summed E-state index contributed by atoms with van der Waals surface area (Å²) in [7, 11) is 0. The fourth-order valence-electron chi connectivity index (χ4n) is 7.10. The van der Waals surface area contributed by atoms with E-state index in [9.17, 15) is 9.90 Å². The summed E-state index contributed by atoms with van der Waals surface area (Å²) < 4.78 is 5.45. The molecule has 3 unspecified atom stereocenters. The number of carbonyl (C=O) groups is 1. The summed E-state index contributed by atoms with van der Waals surface area (Å²) in [5.41, 5.74) is 10.3. The average Bonchev–Trinajstić information content (AvgIpc) is 3.98. The fourth-order valence-corrected chi connectivity index (χ4v) is 7.10. The van der Waals surface area contributed by atoms with E-state index in [2.05, 4.69) is 146 Å². The third kappa shape index (κ3) is 15.4. The van der Waals surface area contributed by atoms with Gasteiger partial charge in [0, 0.05) is 11.5 Å². The minimum Gasteiger partial charge on any atom is -0.393 e. The number of ketones is 1. The average molecular weight is 842 g/mol. The molecule has 1 aliphatic rings. The van der Waals surface area contributed by atoms with Crippen LogP contribution in [0.1, 0.15) is 92.2 Å². The molecule has 8 aromatic carbocycles. The topological polar surface area (TPSA) is 75.8 Å². The van der Waals surface area contributed by atoms with Crippen LogP contribution in [0.3, 0.4) is 0 Å². The maximum Gasteiger partial charge on any atom is 0.161 e. The Hall–Kier alpha value is -5.91. The number of allylic oxidation sites excluding steroid dienone is 1. The van der Waals surface area contributed by atoms with Gasteiger partial charge in [0.1, 0.15) is 6.10 Å². The molecule has 0 radical (unpaired) electrons. The number of ether oxygens (including phenoxy) is 1. The number of aliphatic hydroxyl groups excluding tert-OH is 1. The van der Waals surface area contributed by atoms with Crippen molar-refractivity contribution in [1.82, 2.24) is 0 Å². The summed E-state index contributed by atoms with van der Waals surface area (Å²) in [6.45, 7) is 11.8. The number of nitrogens with two attached hydrogens (primary N) is 1. The molecular weight excluding hydrogens is 771 g/mol. The van der Waals surface area contributed by atoms with Gasteiger partial charge in [-0.05, 0) is 117 Å². The van der Waals surface area contributed by atoms with E-state index >= 15 is 0 Å². The predicted molar refractivity (Wildman–Crippen MR) is 276 cm³/mol. The number of benzene rings is 8. The SMILES string of the molecule is C.C.C.CC(C)(C)C(=O)/C=C/c1ccc2ccccc2c1.CC(O)Cc1ccc2ccccc2c1.CC1OC1c1ccc2ccccc2c1.C[C@@H](N)Cc1ccc2ccccc2c1. The van der Waals surface area contributed by atoms with E-state index < -0.39 is 0 Å². The lowest BCUT2D eigenvalue weighted by Gasteiger charge is -2.12. The largest absolute Gasteiger partial charge is 0.393 e. The maximum absolute atomic E-state index is 11.8. The highest BCUT2D eigenvalue weighted by atomic mass is 16.6. The molecule has 0 aromatic heterocycles. The van der Waals surface area contributed by atoms with E-state index in [1.807, 2.05) is 71.0 Å². The van der Waals surface area contributed by atoms with E-state index in [0.717, 1.165) is 18.4 Å². The first-order valence-electron chi connectivity index (χ1n) is 21.1. The monoisotopic (exact) mass is 842 g/mol. The highest BCUT2D eigenvalue weighted by Crippen LogP contribution is 2.39. The Kier molecular flexibility index (Phi) is 19.7. The summed E-state index contributed by atoms with van der Waals surface area (Å²) >= 11 is 0. The quantitative estimate of drug-likeness (QED) is 0.124. The number of hydrogen-bond acceptors (Lipinski definition) is 4. The number of epoxide rings is 1. The molecule has 9 rings (SSSR count). The minimum atomic E-state index is -0.312. The summed E-state index contributed by atoms with van der Waals surface area (Å²) in [6.07, 6.45) is 5.70. The van der Waals surface area contributed by atoms with Gasteiger partial charge in [0.05, 0.1) is 12.2 Å². The minimum absolute atomic E-state index is 0. The van der Waals surface area contributed by atoms with Gasteiger partial charge in [0.25, 0.3) is 0 Å². The summed E-state index contributed by atoms with van der Waals surface area (Å²) in [4.78, 5) is 11.8. The second-order valence-electron chi connectivity index (χ2n) is 17.0. The molecule has 3 N–H and O–H groups in total. The van der Waals surface area contributed by atoms with E-state index in [1.165, 1.54) is 59.8 Å². The van der Waals surface area contributed by atoms with E-state index in [1.54, 1.807) is 6.08 Å². The van der Waals surface area contributed by atoms with Crippen LogP contribution in [0.5, 0.6) is 0 Å². The molecule has 4 heteroatoms. The van der Waals surface area contributed by atoms with Gasteiger partial charge in [-0.2, -0.15) is 0 Å². The molecule has 0 amide bonds. The standard InChI is InChI=1S/C17H18O.C13H15N.C13H12O.C13H14O.3CH4/c1-17(2,3)16(18)11-9-13-8-10-14-6-4-5-7-15(14)12-13;1-10(14)8-11-6-7-12-4-2-3-5-13(12)9-11;1-9-13(14-9)12-7-6-10-4-2-3-5-11(10)8-12;1-10(14)8-11-6-7-12-4-2-3-5-13(12)9-11;;;/h4-12H,1-3H3;2-7,9-10H,8,14H2,1H3;2-9,13H,1H3;2-7,9-10,14H,8H2,1H3;3*1H4/b11-9+;;;;;;/t;10-;;;;;/m.1...../s1. The lowest BCUT2D eigenvalue weighted by Crippen LogP contribution is -2.17. The Balaban J connectivity index is 0.000000221. The Morgan fingerprint density at radius 3 is 1.38 bits per heavy atom. The molecule has 8 aromatic rings. The van der Waals surface area contributed by atoms with Crippen LogP contribution < -0.4 is 5.73 Å². The molecule has 0 saturated carbocycles. The Morgan fingerprint density at radius 1 is 0.587 bits per heavy atom. The third-order valence-electron chi connectivity index (χ3n) is 10.5. The van der Waals surface area contributed by atoms with Crippen LogP contribution in [0, 0.1) is 5.41 Å². The summed E-state index contributed by atoms with van der Waals surface area (Å²) in [5, 5.41) is 19.4. The van der Waals surface area contributed by atoms with Crippen molar-refractivity contribution >= 4 is 54.9 Å². The van der Waals surface area contributed by atoms with Crippen molar-refractivity contribution in [3.8, 4) is 0 Å². The van der Waals surface area contributed by atoms with E-state index in [4.69, 9.17) is 10.5 Å². The van der Waals surface area contributed by atoms with Crippen molar-refractivity contribution in [3.05, 3.63) is 198 Å². The molecule has 1 heterocycles. The molecule has 4 nitrogen and oxygen atoms in total. The first-order valence-corrected chi connectivity index (χ1v) is 21.1. The van der Waals surface area contributed by atoms with E-state index in [-0.39, 0.29) is 45.6 Å². The second kappa shape index (κ2) is 24.1. The molecule has 1 fully saturated rings. The first kappa shape index (κ1) is 51.4. The molecule has 0 bridgehead atoms. The highest BCUT2D eigenvalue weighted by Gasteiger charge is 2.35. The number of hydrogen-bond donors (Lipinski definition) is 2. The van der Waals surface area contributed by atoms with Crippen molar-refractivity contribution in [3.63, 3.8) is 0 Å². The number of aliphatic hydroxyl groups is 1. The molecule has 63 heavy (non-hydrogen) atoms. The lowest BCUT2D eigenvalue weighted by atomic mass is 9.90. The van der Waals surface area contributed by atoms with Gasteiger partial charge in [0.15, 0.2) is 5.78 Å². The van der Waals surface area contributed by atoms with Crippen LogP contribution in [0.4, 0.5) is 0 Å². The lowest BCUT2D eigenvalue weighted by molar-refractivity contribution is -0.121. The zero-order valence-electron chi connectivity index (χ0n) is 35.9. The summed E-state index contributed by atoms with van der Waals surface area (Å²) in [5.74, 6) is 0.149. The van der Waals surface area contributed by atoms with Crippen LogP contribution in [-0.2, 0) is 22.4 Å². The molecular formula is C59H71NO3.